The van der Waals surface area contributed by atoms with Gasteiger partial charge in [-0.1, -0.05) is 20.8 Å². The molecule has 7 aliphatic rings. The molecular weight excluding hydrogens is 608 g/mol. The molecule has 0 aromatic heterocycles. The van der Waals surface area contributed by atoms with E-state index in [-0.39, 0.29) is 64.5 Å². The third-order valence-electron chi connectivity index (χ3n) is 16.3. The molecule has 0 unspecified atom stereocenters. The van der Waals surface area contributed by atoms with Gasteiger partial charge in [-0.25, -0.2) is 0 Å². The van der Waals surface area contributed by atoms with Gasteiger partial charge in [-0.15, -0.1) is 0 Å². The molecule has 7 fully saturated rings. The fourth-order valence-corrected chi connectivity index (χ4v) is 13.2. The molecule has 0 amide bonds. The minimum Gasteiger partial charge on any atom is -0.394 e. The first kappa shape index (κ1) is 34.7. The molecule has 47 heavy (non-hydrogen) atoms. The Morgan fingerprint density at radius 3 is 2.30 bits per heavy atom. The lowest BCUT2D eigenvalue weighted by atomic mass is 9.43. The Hall–Kier alpha value is -0.730. The van der Waals surface area contributed by atoms with Gasteiger partial charge in [0.1, 0.15) is 41.4 Å². The van der Waals surface area contributed by atoms with Gasteiger partial charge in [0.05, 0.1) is 32.5 Å². The third kappa shape index (κ3) is 4.50. The molecule has 5 aliphatic carbocycles. The molecule has 7 N–H and O–H groups in total. The second-order valence-electron chi connectivity index (χ2n) is 17.6. The molecule has 268 valence electrons. The normalized spacial score (nSPS) is 57.6. The molecule has 0 bridgehead atoms. The quantitative estimate of drug-likeness (QED) is 0.198. The highest BCUT2D eigenvalue weighted by Crippen LogP contribution is 2.88. The van der Waals surface area contributed by atoms with Crippen LogP contribution >= 0.6 is 0 Å². The van der Waals surface area contributed by atoms with E-state index < -0.39 is 55.1 Å². The second-order valence-corrected chi connectivity index (χ2v) is 17.6. The van der Waals surface area contributed by atoms with Gasteiger partial charge in [0, 0.05) is 18.8 Å². The zero-order chi connectivity index (χ0) is 33.9. The van der Waals surface area contributed by atoms with Crippen molar-refractivity contribution in [1.29, 1.82) is 0 Å². The predicted molar refractivity (Wildman–Crippen MR) is 167 cm³/mol. The lowest BCUT2D eigenvalue weighted by Gasteiger charge is -2.62. The number of fused-ring (bicyclic) bond motifs is 2. The minimum absolute atomic E-state index is 0.0773. The van der Waals surface area contributed by atoms with E-state index in [1.165, 1.54) is 0 Å². The van der Waals surface area contributed by atoms with Crippen molar-refractivity contribution in [1.82, 2.24) is 0 Å². The van der Waals surface area contributed by atoms with Crippen molar-refractivity contribution in [2.24, 2.45) is 51.2 Å². The van der Waals surface area contributed by atoms with Gasteiger partial charge >= 0.3 is 0 Å². The molecule has 11 nitrogen and oxygen atoms in total. The van der Waals surface area contributed by atoms with Crippen LogP contribution in [0.3, 0.4) is 0 Å². The van der Waals surface area contributed by atoms with Gasteiger partial charge in [0.15, 0.2) is 6.29 Å². The van der Waals surface area contributed by atoms with Crippen molar-refractivity contribution in [3.63, 3.8) is 0 Å². The van der Waals surface area contributed by atoms with Crippen molar-refractivity contribution >= 4 is 5.78 Å². The van der Waals surface area contributed by atoms with E-state index in [1.807, 2.05) is 0 Å². The summed E-state index contributed by atoms with van der Waals surface area (Å²) in [7, 11) is 0. The van der Waals surface area contributed by atoms with E-state index in [0.717, 1.165) is 51.4 Å². The van der Waals surface area contributed by atoms with Gasteiger partial charge in [-0.3, -0.25) is 4.79 Å². The highest BCUT2D eigenvalue weighted by molar-refractivity contribution is 5.83. The van der Waals surface area contributed by atoms with Crippen LogP contribution in [-0.4, -0.2) is 116 Å². The van der Waals surface area contributed by atoms with Gasteiger partial charge in [-0.2, -0.15) is 0 Å². The lowest BCUT2D eigenvalue weighted by molar-refractivity contribution is -0.304. The average molecular weight is 667 g/mol. The molecule has 2 saturated heterocycles. The smallest absolute Gasteiger partial charge is 0.186 e. The van der Waals surface area contributed by atoms with E-state index in [9.17, 15) is 40.5 Å². The first-order valence-electron chi connectivity index (χ1n) is 18.2. The number of Topliss-reactive ketones (excluding diaryl/α,β-unsaturated/α-hetero) is 1. The van der Waals surface area contributed by atoms with Gasteiger partial charge < -0.3 is 50.0 Å². The maximum Gasteiger partial charge on any atom is 0.186 e. The molecule has 5 saturated carbocycles. The van der Waals surface area contributed by atoms with Crippen LogP contribution in [0.1, 0.15) is 91.9 Å². The molecule has 0 aromatic rings. The number of rotatable bonds is 8. The molecule has 17 atom stereocenters. The largest absolute Gasteiger partial charge is 0.394 e. The van der Waals surface area contributed by atoms with Crippen molar-refractivity contribution in [3.8, 4) is 0 Å². The molecular formula is C36H58O11. The van der Waals surface area contributed by atoms with Gasteiger partial charge in [0.25, 0.3) is 0 Å². The van der Waals surface area contributed by atoms with Crippen LogP contribution in [0.2, 0.25) is 0 Å². The van der Waals surface area contributed by atoms with Gasteiger partial charge in [0.2, 0.25) is 0 Å². The number of carbonyl (C=O) groups is 1. The van der Waals surface area contributed by atoms with E-state index in [4.69, 9.17) is 14.2 Å². The number of carbonyl (C=O) groups excluding carboxylic acids is 1. The van der Waals surface area contributed by atoms with Crippen molar-refractivity contribution in [2.75, 3.05) is 26.4 Å². The van der Waals surface area contributed by atoms with E-state index in [2.05, 4.69) is 20.8 Å². The SMILES string of the molecule is C[C@@H]([C@H]1CC[C@@]2(C)[C@@H]3CC[C@H]4[C@H](CO[C@@H]5O[C@H](CO)[C@@H](O)[C@H](O)[C@H]5O)C(=O)CC[C@@]45C[C@@]35CC[C@]12C)[C@H]1C[C@](O)(CO)[C@@](C)(CO)O1. The monoisotopic (exact) mass is 666 g/mol. The number of ketones is 1. The summed E-state index contributed by atoms with van der Waals surface area (Å²) >= 11 is 0. The van der Waals surface area contributed by atoms with E-state index in [0.29, 0.717) is 24.7 Å². The van der Waals surface area contributed by atoms with Crippen LogP contribution in [0.4, 0.5) is 0 Å². The molecule has 7 rings (SSSR count). The predicted octanol–water partition coefficient (Wildman–Crippen LogP) is 1.30. The fraction of sp³-hybridized carbons (Fsp3) is 0.972. The van der Waals surface area contributed by atoms with Crippen LogP contribution in [0.25, 0.3) is 0 Å². The van der Waals surface area contributed by atoms with Crippen molar-refractivity contribution < 1.29 is 54.8 Å². The van der Waals surface area contributed by atoms with E-state index >= 15 is 0 Å². The Morgan fingerprint density at radius 1 is 0.894 bits per heavy atom. The summed E-state index contributed by atoms with van der Waals surface area (Å²) in [6.07, 6.45) is 2.29. The minimum atomic E-state index is -1.52. The average Bonchev–Trinajstić information content (AvgIpc) is 3.53. The number of ether oxygens (including phenoxy) is 3. The van der Waals surface area contributed by atoms with E-state index in [1.54, 1.807) is 6.92 Å². The van der Waals surface area contributed by atoms with Crippen molar-refractivity contribution in [2.45, 2.75) is 140 Å². The Balaban J connectivity index is 1.08. The van der Waals surface area contributed by atoms with Crippen LogP contribution in [0.5, 0.6) is 0 Å². The summed E-state index contributed by atoms with van der Waals surface area (Å²) in [4.78, 5) is 13.5. The number of hydrogen-bond donors (Lipinski definition) is 7. The Labute approximate surface area is 278 Å². The Bertz CT molecular complexity index is 1210. The van der Waals surface area contributed by atoms with Crippen LogP contribution in [0.15, 0.2) is 0 Å². The maximum atomic E-state index is 13.5. The van der Waals surface area contributed by atoms with Gasteiger partial charge in [-0.05, 0) is 104 Å². The second kappa shape index (κ2) is 11.4. The summed E-state index contributed by atoms with van der Waals surface area (Å²) in [5.41, 5.74) is -2.18. The first-order valence-corrected chi connectivity index (χ1v) is 18.2. The maximum absolute atomic E-state index is 13.5. The summed E-state index contributed by atoms with van der Waals surface area (Å²) in [5.74, 6) is 1.14. The summed E-state index contributed by atoms with van der Waals surface area (Å²) < 4.78 is 18.0. The standard InChI is InChI=1S/C36H58O11/c1-19(24-13-36(44,18-39)33(4,17-38)47-24)21-7-9-32(3)26-6-5-22-20(15-45-30-29(43)28(42)27(41)25(14-37)46-30)23(40)8-10-34(22)16-35(26,34)12-11-31(21,32)2/h19-22,24-30,37-39,41-44H,5-18H2,1-4H3/t19-,20-,21+,22-,24+,25+,26-,27+,28-,29+,30+,31+,32-,33+,34+,35-,36-/m0/s1. The molecule has 2 aliphatic heterocycles. The summed E-state index contributed by atoms with van der Waals surface area (Å²) in [6, 6.07) is 0. The number of aliphatic hydroxyl groups excluding tert-OH is 6. The molecule has 11 heteroatoms. The van der Waals surface area contributed by atoms with Crippen LogP contribution in [-0.2, 0) is 19.0 Å². The molecule has 0 aromatic carbocycles. The fourth-order valence-electron chi connectivity index (χ4n) is 13.2. The topological polar surface area (TPSA) is 186 Å². The highest BCUT2D eigenvalue weighted by Gasteiger charge is 2.81. The Kier molecular flexibility index (Phi) is 8.41. The zero-order valence-corrected chi connectivity index (χ0v) is 28.5. The lowest BCUT2D eigenvalue weighted by Crippen LogP contribution is -2.59. The number of hydrogen-bond acceptors (Lipinski definition) is 11. The Morgan fingerprint density at radius 2 is 1.64 bits per heavy atom. The molecule has 2 heterocycles. The van der Waals surface area contributed by atoms with Crippen LogP contribution < -0.4 is 0 Å². The van der Waals surface area contributed by atoms with Crippen LogP contribution in [0, 0.1) is 51.2 Å². The highest BCUT2D eigenvalue weighted by atomic mass is 16.7. The summed E-state index contributed by atoms with van der Waals surface area (Å²) in [5, 5.41) is 71.9. The third-order valence-corrected chi connectivity index (χ3v) is 16.3. The number of aliphatic hydroxyl groups is 7. The zero-order valence-electron chi connectivity index (χ0n) is 28.5. The molecule has 2 spiro atoms. The molecule has 0 radical (unpaired) electrons. The summed E-state index contributed by atoms with van der Waals surface area (Å²) in [6.45, 7) is 7.69. The first-order chi connectivity index (χ1) is 22.1. The van der Waals surface area contributed by atoms with Crippen molar-refractivity contribution in [3.05, 3.63) is 0 Å².